The minimum Gasteiger partial charge on any atom is -0.506 e. The first-order valence-electron chi connectivity index (χ1n) is 8.34. The number of phenolic OH excluding ortho intramolecular Hbond substituents is 1. The van der Waals surface area contributed by atoms with Crippen LogP contribution in [0.5, 0.6) is 5.75 Å². The highest BCUT2D eigenvalue weighted by atomic mass is 35.5. The van der Waals surface area contributed by atoms with Gasteiger partial charge in [-0.25, -0.2) is 12.7 Å². The average molecular weight is 423 g/mol. The molecule has 0 bridgehead atoms. The fourth-order valence-corrected chi connectivity index (χ4v) is 5.51. The number of carbonyl (C=O) groups is 1. The molecule has 2 aliphatic rings. The van der Waals surface area contributed by atoms with E-state index in [9.17, 15) is 18.3 Å². The van der Waals surface area contributed by atoms with Crippen LogP contribution in [-0.4, -0.2) is 61.3 Å². The van der Waals surface area contributed by atoms with Gasteiger partial charge in [0.15, 0.2) is 0 Å². The van der Waals surface area contributed by atoms with Crippen LogP contribution >= 0.6 is 23.2 Å². The van der Waals surface area contributed by atoms with Gasteiger partial charge in [0.2, 0.25) is 10.0 Å². The number of hydrogen-bond acceptors (Lipinski definition) is 5. The van der Waals surface area contributed by atoms with Gasteiger partial charge in [-0.3, -0.25) is 4.79 Å². The fraction of sp³-hybridized carbons (Fsp3) is 0.562. The molecule has 1 atom stereocenters. The van der Waals surface area contributed by atoms with Crippen LogP contribution in [-0.2, 0) is 14.8 Å². The van der Waals surface area contributed by atoms with Crippen LogP contribution < -0.4 is 5.32 Å². The zero-order valence-electron chi connectivity index (χ0n) is 14.0. The highest BCUT2D eigenvalue weighted by Gasteiger charge is 2.37. The standard InChI is InChI=1S/C16H20Cl2N2O5S/c17-10-7-13(15(21)14(18)8-10)16(22)19-11-1-4-20(5-2-11)26(23,24)12-3-6-25-9-12/h7-8,11-12,21H,1-6,9H2,(H,19,22). The van der Waals surface area contributed by atoms with Crippen LogP contribution in [0.1, 0.15) is 29.6 Å². The smallest absolute Gasteiger partial charge is 0.255 e. The molecular weight excluding hydrogens is 403 g/mol. The number of benzene rings is 1. The third kappa shape index (κ3) is 4.09. The second kappa shape index (κ2) is 7.90. The Kier molecular flexibility index (Phi) is 5.98. The number of nitrogens with one attached hydrogen (secondary N) is 1. The Balaban J connectivity index is 1.60. The maximum atomic E-state index is 12.6. The zero-order chi connectivity index (χ0) is 18.9. The van der Waals surface area contributed by atoms with Crippen LogP contribution in [0.15, 0.2) is 12.1 Å². The predicted molar refractivity (Wildman–Crippen MR) is 98.3 cm³/mol. The topological polar surface area (TPSA) is 95.9 Å². The Bertz CT molecular complexity index is 788. The van der Waals surface area contributed by atoms with E-state index >= 15 is 0 Å². The first-order chi connectivity index (χ1) is 12.3. The van der Waals surface area contributed by atoms with E-state index in [2.05, 4.69) is 5.32 Å². The number of amides is 1. The third-order valence-electron chi connectivity index (χ3n) is 4.73. The van der Waals surface area contributed by atoms with E-state index in [1.165, 1.54) is 16.4 Å². The van der Waals surface area contributed by atoms with Gasteiger partial charge in [0.1, 0.15) is 11.0 Å². The summed E-state index contributed by atoms with van der Waals surface area (Å²) in [6.45, 7) is 1.40. The van der Waals surface area contributed by atoms with Gasteiger partial charge < -0.3 is 15.2 Å². The molecule has 0 radical (unpaired) electrons. The lowest BCUT2D eigenvalue weighted by molar-refractivity contribution is 0.0921. The second-order valence-corrected chi connectivity index (χ2v) is 9.52. The van der Waals surface area contributed by atoms with Gasteiger partial charge in [0.25, 0.3) is 5.91 Å². The number of piperidine rings is 1. The lowest BCUT2D eigenvalue weighted by atomic mass is 10.1. The highest BCUT2D eigenvalue weighted by Crippen LogP contribution is 2.31. The summed E-state index contributed by atoms with van der Waals surface area (Å²) in [4.78, 5) is 12.4. The first kappa shape index (κ1) is 19.7. The Morgan fingerprint density at radius 1 is 1.23 bits per heavy atom. The molecule has 1 aromatic carbocycles. The van der Waals surface area contributed by atoms with Crippen LogP contribution in [0, 0.1) is 0 Å². The monoisotopic (exact) mass is 422 g/mol. The van der Waals surface area contributed by atoms with Crippen LogP contribution in [0.3, 0.4) is 0 Å². The lowest BCUT2D eigenvalue weighted by Gasteiger charge is -2.33. The minimum atomic E-state index is -3.36. The molecule has 2 N–H and O–H groups in total. The van der Waals surface area contributed by atoms with E-state index in [0.717, 1.165) is 0 Å². The summed E-state index contributed by atoms with van der Waals surface area (Å²) in [7, 11) is -3.36. The lowest BCUT2D eigenvalue weighted by Crippen LogP contribution is -2.49. The Labute approximate surface area is 162 Å². The van der Waals surface area contributed by atoms with E-state index in [1.54, 1.807) is 0 Å². The number of halogens is 2. The molecule has 2 heterocycles. The van der Waals surface area contributed by atoms with Crippen molar-refractivity contribution in [2.24, 2.45) is 0 Å². The number of carbonyl (C=O) groups excluding carboxylic acids is 1. The molecule has 1 aromatic rings. The normalized spacial score (nSPS) is 22.5. The summed E-state index contributed by atoms with van der Waals surface area (Å²) < 4.78 is 31.8. The number of nitrogens with zero attached hydrogens (tertiary/aromatic N) is 1. The van der Waals surface area contributed by atoms with E-state index in [0.29, 0.717) is 39.0 Å². The predicted octanol–water partition coefficient (Wildman–Crippen LogP) is 2.01. The SMILES string of the molecule is O=C(NC1CCN(S(=O)(=O)C2CCOC2)CC1)c1cc(Cl)cc(Cl)c1O. The minimum absolute atomic E-state index is 0.000607. The summed E-state index contributed by atoms with van der Waals surface area (Å²) in [6.07, 6.45) is 1.51. The van der Waals surface area contributed by atoms with E-state index in [4.69, 9.17) is 27.9 Å². The van der Waals surface area contributed by atoms with E-state index in [-0.39, 0.29) is 34.0 Å². The molecule has 1 unspecified atom stereocenters. The maximum Gasteiger partial charge on any atom is 0.255 e. The van der Waals surface area contributed by atoms with Gasteiger partial charge in [0, 0.05) is 30.8 Å². The number of phenols is 1. The van der Waals surface area contributed by atoms with Crippen molar-refractivity contribution in [1.29, 1.82) is 0 Å². The molecule has 10 heteroatoms. The average Bonchev–Trinajstić information content (AvgIpc) is 3.14. The van der Waals surface area contributed by atoms with Crippen molar-refractivity contribution in [2.45, 2.75) is 30.6 Å². The molecule has 2 fully saturated rings. The van der Waals surface area contributed by atoms with Crippen molar-refractivity contribution in [3.05, 3.63) is 27.7 Å². The van der Waals surface area contributed by atoms with Crippen LogP contribution in [0.4, 0.5) is 0 Å². The molecule has 0 aromatic heterocycles. The largest absolute Gasteiger partial charge is 0.506 e. The molecule has 0 saturated carbocycles. The molecule has 26 heavy (non-hydrogen) atoms. The number of rotatable bonds is 4. The second-order valence-electron chi connectivity index (χ2n) is 6.46. The van der Waals surface area contributed by atoms with E-state index < -0.39 is 21.2 Å². The molecule has 3 rings (SSSR count). The van der Waals surface area contributed by atoms with Crippen molar-refractivity contribution in [2.75, 3.05) is 26.3 Å². The van der Waals surface area contributed by atoms with Crippen molar-refractivity contribution < 1.29 is 23.1 Å². The molecule has 2 aliphatic heterocycles. The highest BCUT2D eigenvalue weighted by molar-refractivity contribution is 7.89. The number of sulfonamides is 1. The first-order valence-corrected chi connectivity index (χ1v) is 10.6. The van der Waals surface area contributed by atoms with Gasteiger partial charge in [-0.05, 0) is 31.4 Å². The third-order valence-corrected chi connectivity index (χ3v) is 7.54. The van der Waals surface area contributed by atoms with Crippen molar-refractivity contribution in [3.8, 4) is 5.75 Å². The van der Waals surface area contributed by atoms with E-state index in [1.807, 2.05) is 0 Å². The van der Waals surface area contributed by atoms with Crippen LogP contribution in [0.25, 0.3) is 0 Å². The fourth-order valence-electron chi connectivity index (χ4n) is 3.22. The summed E-state index contributed by atoms with van der Waals surface area (Å²) in [5, 5.41) is 12.5. The Morgan fingerprint density at radius 2 is 1.92 bits per heavy atom. The van der Waals surface area contributed by atoms with Gasteiger partial charge in [0.05, 0.1) is 17.2 Å². The molecule has 2 saturated heterocycles. The van der Waals surface area contributed by atoms with Crippen molar-refractivity contribution in [1.82, 2.24) is 9.62 Å². The Hall–Kier alpha value is -1.06. The van der Waals surface area contributed by atoms with Gasteiger partial charge in [-0.2, -0.15) is 0 Å². The summed E-state index contributed by atoms with van der Waals surface area (Å²) in [6, 6.07) is 2.51. The molecule has 7 nitrogen and oxygen atoms in total. The zero-order valence-corrected chi connectivity index (χ0v) is 16.3. The van der Waals surface area contributed by atoms with Crippen molar-refractivity contribution >= 4 is 39.1 Å². The number of hydrogen-bond donors (Lipinski definition) is 2. The van der Waals surface area contributed by atoms with Crippen molar-refractivity contribution in [3.63, 3.8) is 0 Å². The Morgan fingerprint density at radius 3 is 2.54 bits per heavy atom. The summed E-state index contributed by atoms with van der Waals surface area (Å²) in [5.74, 6) is -0.813. The molecule has 0 spiro atoms. The maximum absolute atomic E-state index is 12.6. The molecule has 1 amide bonds. The molecule has 144 valence electrons. The van der Waals surface area contributed by atoms with Gasteiger partial charge in [-0.15, -0.1) is 0 Å². The van der Waals surface area contributed by atoms with Gasteiger partial charge in [-0.1, -0.05) is 23.2 Å². The summed E-state index contributed by atoms with van der Waals surface area (Å²) in [5.41, 5.74) is 0.000607. The number of aromatic hydroxyl groups is 1. The quantitative estimate of drug-likeness (QED) is 0.773. The summed E-state index contributed by atoms with van der Waals surface area (Å²) >= 11 is 11.7. The molecular formula is C16H20Cl2N2O5S. The van der Waals surface area contributed by atoms with Gasteiger partial charge >= 0.3 is 0 Å². The molecule has 0 aliphatic carbocycles. The number of ether oxygens (including phenoxy) is 1. The van der Waals surface area contributed by atoms with Crippen LogP contribution in [0.2, 0.25) is 10.0 Å².